The summed E-state index contributed by atoms with van der Waals surface area (Å²) in [6, 6.07) is 0. The SMILES string of the molecule is CCC(C)C.CNC(C)=O.COC(C)C(C)C(O)C(O)OC.O. The van der Waals surface area contributed by atoms with Crippen molar-refractivity contribution in [3.63, 3.8) is 0 Å². The molecule has 4 atom stereocenters. The maximum Gasteiger partial charge on any atom is 0.216 e. The van der Waals surface area contributed by atoms with Crippen LogP contribution in [-0.4, -0.2) is 61.4 Å². The van der Waals surface area contributed by atoms with E-state index in [1.165, 1.54) is 20.5 Å². The number of amides is 1. The fourth-order valence-corrected chi connectivity index (χ4v) is 0.891. The van der Waals surface area contributed by atoms with Crippen LogP contribution in [0.3, 0.4) is 0 Å². The lowest BCUT2D eigenvalue weighted by molar-refractivity contribution is -0.170. The minimum absolute atomic E-state index is 0. The van der Waals surface area contributed by atoms with Crippen LogP contribution in [0.2, 0.25) is 0 Å². The van der Waals surface area contributed by atoms with Gasteiger partial charge in [-0.05, 0) is 12.8 Å². The van der Waals surface area contributed by atoms with Gasteiger partial charge in [0.1, 0.15) is 6.10 Å². The lowest BCUT2D eigenvalue weighted by Gasteiger charge is -2.26. The summed E-state index contributed by atoms with van der Waals surface area (Å²) in [6.07, 6.45) is -0.854. The first-order valence-corrected chi connectivity index (χ1v) is 7.68. The van der Waals surface area contributed by atoms with Gasteiger partial charge in [-0.15, -0.1) is 0 Å². The van der Waals surface area contributed by atoms with Gasteiger partial charge in [0.15, 0.2) is 6.29 Å². The minimum atomic E-state index is -1.14. The van der Waals surface area contributed by atoms with E-state index in [1.807, 2.05) is 6.92 Å². The molecule has 0 spiro atoms. The number of carbonyl (C=O) groups is 1. The smallest absolute Gasteiger partial charge is 0.216 e. The summed E-state index contributed by atoms with van der Waals surface area (Å²) >= 11 is 0. The van der Waals surface area contributed by atoms with Gasteiger partial charge < -0.3 is 30.5 Å². The van der Waals surface area contributed by atoms with Crippen molar-refractivity contribution >= 4 is 5.91 Å². The highest BCUT2D eigenvalue weighted by Crippen LogP contribution is 2.14. The molecular formula is C16H39NO6. The predicted molar refractivity (Wildman–Crippen MR) is 93.1 cm³/mol. The summed E-state index contributed by atoms with van der Waals surface area (Å²) in [5, 5.41) is 20.9. The van der Waals surface area contributed by atoms with E-state index in [1.54, 1.807) is 21.1 Å². The summed E-state index contributed by atoms with van der Waals surface area (Å²) in [4.78, 5) is 9.70. The molecule has 7 nitrogen and oxygen atoms in total. The number of hydrogen-bond acceptors (Lipinski definition) is 5. The number of aliphatic hydroxyl groups is 2. The Bertz CT molecular complexity index is 237. The van der Waals surface area contributed by atoms with Crippen molar-refractivity contribution in [2.45, 2.75) is 66.5 Å². The monoisotopic (exact) mass is 341 g/mol. The van der Waals surface area contributed by atoms with Crippen LogP contribution in [0.15, 0.2) is 0 Å². The van der Waals surface area contributed by atoms with E-state index in [0.29, 0.717) is 0 Å². The van der Waals surface area contributed by atoms with Crippen molar-refractivity contribution in [1.29, 1.82) is 0 Å². The highest BCUT2D eigenvalue weighted by atomic mass is 16.6. The van der Waals surface area contributed by atoms with E-state index >= 15 is 0 Å². The standard InChI is InChI=1S/C8H18O4.C5H12.C3H7NO.H2O/c1-5(6(2)11-3)7(9)8(10)12-4;1-4-5(2)3;1-3(5)4-2;/h5-10H,1-4H3;5H,4H2,1-3H3;1-2H3,(H,4,5);1H2. The normalized spacial score (nSPS) is 14.8. The van der Waals surface area contributed by atoms with E-state index in [2.05, 4.69) is 30.8 Å². The molecule has 7 heteroatoms. The van der Waals surface area contributed by atoms with Crippen molar-refractivity contribution in [3.8, 4) is 0 Å². The van der Waals surface area contributed by atoms with Crippen molar-refractivity contribution in [3.05, 3.63) is 0 Å². The second-order valence-electron chi connectivity index (χ2n) is 5.53. The molecule has 0 bridgehead atoms. The second-order valence-corrected chi connectivity index (χ2v) is 5.53. The van der Waals surface area contributed by atoms with E-state index in [9.17, 15) is 9.90 Å². The molecule has 0 saturated heterocycles. The van der Waals surface area contributed by atoms with E-state index in [4.69, 9.17) is 9.84 Å². The Morgan fingerprint density at radius 1 is 1.09 bits per heavy atom. The molecular weight excluding hydrogens is 302 g/mol. The molecule has 0 aliphatic carbocycles. The van der Waals surface area contributed by atoms with Crippen LogP contribution < -0.4 is 5.32 Å². The molecule has 0 aliphatic heterocycles. The summed E-state index contributed by atoms with van der Waals surface area (Å²) < 4.78 is 9.58. The number of ether oxygens (including phenoxy) is 2. The van der Waals surface area contributed by atoms with E-state index in [0.717, 1.165) is 5.92 Å². The Labute approximate surface area is 141 Å². The molecule has 0 fully saturated rings. The Hall–Kier alpha value is -0.730. The van der Waals surface area contributed by atoms with Gasteiger partial charge in [-0.3, -0.25) is 4.79 Å². The Morgan fingerprint density at radius 2 is 1.43 bits per heavy atom. The summed E-state index contributed by atoms with van der Waals surface area (Å²) in [5.74, 6) is 0.727. The number of hydrogen-bond donors (Lipinski definition) is 3. The summed E-state index contributed by atoms with van der Waals surface area (Å²) in [7, 11) is 4.51. The number of nitrogens with one attached hydrogen (secondary N) is 1. The molecule has 23 heavy (non-hydrogen) atoms. The third-order valence-corrected chi connectivity index (χ3v) is 3.35. The molecule has 1 amide bonds. The first kappa shape index (κ1) is 30.2. The van der Waals surface area contributed by atoms with Gasteiger partial charge >= 0.3 is 0 Å². The van der Waals surface area contributed by atoms with Gasteiger partial charge in [-0.25, -0.2) is 0 Å². The van der Waals surface area contributed by atoms with Crippen molar-refractivity contribution in [2.24, 2.45) is 11.8 Å². The molecule has 4 unspecified atom stereocenters. The van der Waals surface area contributed by atoms with Crippen LogP contribution in [0.4, 0.5) is 0 Å². The minimum Gasteiger partial charge on any atom is -0.412 e. The number of carbonyl (C=O) groups excluding carboxylic acids is 1. The fourth-order valence-electron chi connectivity index (χ4n) is 0.891. The molecule has 0 heterocycles. The van der Waals surface area contributed by atoms with Gasteiger partial charge in [0.25, 0.3) is 0 Å². The van der Waals surface area contributed by atoms with Crippen LogP contribution in [0.1, 0.15) is 48.0 Å². The lowest BCUT2D eigenvalue weighted by atomic mass is 9.99. The molecule has 0 rings (SSSR count). The van der Waals surface area contributed by atoms with Crippen LogP contribution in [0.25, 0.3) is 0 Å². The molecule has 144 valence electrons. The molecule has 5 N–H and O–H groups in total. The topological polar surface area (TPSA) is 120 Å². The van der Waals surface area contributed by atoms with Gasteiger partial charge in [0.05, 0.1) is 6.10 Å². The average Bonchev–Trinajstić information content (AvgIpc) is 2.52. The van der Waals surface area contributed by atoms with Crippen molar-refractivity contribution < 1.29 is 30.0 Å². The van der Waals surface area contributed by atoms with Crippen LogP contribution in [-0.2, 0) is 14.3 Å². The van der Waals surface area contributed by atoms with Gasteiger partial charge in [-0.1, -0.05) is 34.1 Å². The highest BCUT2D eigenvalue weighted by molar-refractivity contribution is 5.72. The zero-order chi connectivity index (χ0) is 18.3. The molecule has 0 aliphatic rings. The maximum absolute atomic E-state index is 9.70. The van der Waals surface area contributed by atoms with Gasteiger partial charge in [0, 0.05) is 34.1 Å². The zero-order valence-electron chi connectivity index (χ0n) is 16.2. The lowest BCUT2D eigenvalue weighted by Crippen LogP contribution is -2.38. The molecule has 0 radical (unpaired) electrons. The van der Waals surface area contributed by atoms with Crippen LogP contribution in [0.5, 0.6) is 0 Å². The van der Waals surface area contributed by atoms with Crippen LogP contribution >= 0.6 is 0 Å². The fraction of sp³-hybridized carbons (Fsp3) is 0.938. The van der Waals surface area contributed by atoms with Crippen molar-refractivity contribution in [2.75, 3.05) is 21.3 Å². The van der Waals surface area contributed by atoms with Crippen molar-refractivity contribution in [1.82, 2.24) is 5.32 Å². The molecule has 0 aromatic carbocycles. The third-order valence-electron chi connectivity index (χ3n) is 3.35. The van der Waals surface area contributed by atoms with E-state index in [-0.39, 0.29) is 23.4 Å². The second kappa shape index (κ2) is 19.3. The number of rotatable bonds is 6. The van der Waals surface area contributed by atoms with Crippen LogP contribution in [0, 0.1) is 11.8 Å². The third kappa shape index (κ3) is 21.3. The van der Waals surface area contributed by atoms with Gasteiger partial charge in [0.2, 0.25) is 5.91 Å². The molecule has 0 aromatic rings. The Kier molecular flexibility index (Phi) is 25.4. The summed E-state index contributed by atoms with van der Waals surface area (Å²) in [5.41, 5.74) is 0. The molecule has 0 saturated carbocycles. The largest absolute Gasteiger partial charge is 0.412 e. The van der Waals surface area contributed by atoms with E-state index < -0.39 is 12.4 Å². The predicted octanol–water partition coefficient (Wildman–Crippen LogP) is 0.963. The maximum atomic E-state index is 9.70. The average molecular weight is 341 g/mol. The zero-order valence-corrected chi connectivity index (χ0v) is 16.2. The molecule has 0 aromatic heterocycles. The Balaban J connectivity index is -0.000000137. The summed E-state index contributed by atoms with van der Waals surface area (Å²) in [6.45, 7) is 11.7. The quantitative estimate of drug-likeness (QED) is 0.622. The number of methoxy groups -OCH3 is 2. The first-order chi connectivity index (χ1) is 10.1. The first-order valence-electron chi connectivity index (χ1n) is 7.68. The van der Waals surface area contributed by atoms with Gasteiger partial charge in [-0.2, -0.15) is 0 Å². The Morgan fingerprint density at radius 3 is 1.61 bits per heavy atom. The number of aliphatic hydroxyl groups excluding tert-OH is 2. The highest BCUT2D eigenvalue weighted by Gasteiger charge is 2.26.